The fraction of sp³-hybridized carbons (Fsp3) is 0.548. The summed E-state index contributed by atoms with van der Waals surface area (Å²) in [5.41, 5.74) is 0.982. The second kappa shape index (κ2) is 15.5. The van der Waals surface area contributed by atoms with E-state index in [0.29, 0.717) is 30.4 Å². The van der Waals surface area contributed by atoms with Crippen LogP contribution in [0.3, 0.4) is 0 Å². The SMILES string of the molecule is CCCCOc1ccc(C(=O)Oc2ccc(CCC3CCC(OC(=O)[C@@H](F)CCCC)CC3)cc2)c(F)c1. The van der Waals surface area contributed by atoms with E-state index in [4.69, 9.17) is 14.2 Å². The van der Waals surface area contributed by atoms with Crippen LogP contribution < -0.4 is 9.47 Å². The summed E-state index contributed by atoms with van der Waals surface area (Å²) in [6, 6.07) is 11.4. The highest BCUT2D eigenvalue weighted by molar-refractivity contribution is 5.91. The van der Waals surface area contributed by atoms with Crippen molar-refractivity contribution in [3.05, 3.63) is 59.4 Å². The van der Waals surface area contributed by atoms with Gasteiger partial charge in [-0.05, 0) is 87.1 Å². The lowest BCUT2D eigenvalue weighted by Crippen LogP contribution is -2.29. The van der Waals surface area contributed by atoms with Crippen molar-refractivity contribution in [2.24, 2.45) is 5.92 Å². The Hall–Kier alpha value is -2.96. The Morgan fingerprint density at radius 1 is 0.947 bits per heavy atom. The van der Waals surface area contributed by atoms with Crippen LogP contribution in [0.4, 0.5) is 8.78 Å². The predicted molar refractivity (Wildman–Crippen MR) is 143 cm³/mol. The molecule has 1 aliphatic rings. The Morgan fingerprint density at radius 3 is 2.29 bits per heavy atom. The number of ether oxygens (including phenoxy) is 3. The molecule has 7 heteroatoms. The van der Waals surface area contributed by atoms with Crippen LogP contribution in [0.2, 0.25) is 0 Å². The van der Waals surface area contributed by atoms with E-state index in [2.05, 4.69) is 0 Å². The van der Waals surface area contributed by atoms with Crippen LogP contribution in [0.15, 0.2) is 42.5 Å². The average molecular weight is 531 g/mol. The first-order valence-corrected chi connectivity index (χ1v) is 14.0. The lowest BCUT2D eigenvalue weighted by Gasteiger charge is -2.28. The lowest BCUT2D eigenvalue weighted by molar-refractivity contribution is -0.157. The van der Waals surface area contributed by atoms with Crippen molar-refractivity contribution in [3.8, 4) is 11.5 Å². The number of esters is 2. The fourth-order valence-corrected chi connectivity index (χ4v) is 4.62. The largest absolute Gasteiger partial charge is 0.493 e. The number of hydrogen-bond donors (Lipinski definition) is 0. The highest BCUT2D eigenvalue weighted by Gasteiger charge is 2.27. The van der Waals surface area contributed by atoms with Crippen molar-refractivity contribution < 1.29 is 32.6 Å². The van der Waals surface area contributed by atoms with E-state index in [1.165, 1.54) is 12.1 Å². The quantitative estimate of drug-likeness (QED) is 0.142. The Balaban J connectivity index is 1.39. The van der Waals surface area contributed by atoms with E-state index in [1.807, 2.05) is 26.0 Å². The third kappa shape index (κ3) is 9.41. The molecule has 0 heterocycles. The summed E-state index contributed by atoms with van der Waals surface area (Å²) in [7, 11) is 0. The highest BCUT2D eigenvalue weighted by Crippen LogP contribution is 2.30. The number of halogens is 2. The number of rotatable bonds is 14. The molecule has 0 aromatic heterocycles. The first kappa shape index (κ1) is 29.6. The van der Waals surface area contributed by atoms with Gasteiger partial charge in [0, 0.05) is 6.07 Å². The summed E-state index contributed by atoms with van der Waals surface area (Å²) in [5.74, 6) is -0.862. The molecule has 208 valence electrons. The molecule has 1 atom stereocenters. The number of hydrogen-bond acceptors (Lipinski definition) is 5. The number of carbonyl (C=O) groups is 2. The van der Waals surface area contributed by atoms with Gasteiger partial charge >= 0.3 is 11.9 Å². The molecule has 2 aromatic carbocycles. The molecule has 0 saturated heterocycles. The molecule has 0 aliphatic heterocycles. The van der Waals surface area contributed by atoms with Crippen LogP contribution in [0.1, 0.15) is 94.0 Å². The summed E-state index contributed by atoms with van der Waals surface area (Å²) >= 11 is 0. The third-order valence-corrected chi connectivity index (χ3v) is 7.05. The van der Waals surface area contributed by atoms with Gasteiger partial charge in [0.1, 0.15) is 23.4 Å². The molecule has 2 aromatic rings. The predicted octanol–water partition coefficient (Wildman–Crippen LogP) is 7.79. The Labute approximate surface area is 224 Å². The maximum absolute atomic E-state index is 14.4. The number of benzene rings is 2. The number of carbonyl (C=O) groups excluding carboxylic acids is 2. The van der Waals surface area contributed by atoms with Crippen LogP contribution in [0, 0.1) is 11.7 Å². The van der Waals surface area contributed by atoms with E-state index in [-0.39, 0.29) is 18.1 Å². The molecule has 0 bridgehead atoms. The van der Waals surface area contributed by atoms with Crippen molar-refractivity contribution >= 4 is 11.9 Å². The van der Waals surface area contributed by atoms with Gasteiger partial charge in [-0.1, -0.05) is 45.2 Å². The summed E-state index contributed by atoms with van der Waals surface area (Å²) < 4.78 is 44.5. The van der Waals surface area contributed by atoms with Gasteiger partial charge in [0.15, 0.2) is 6.17 Å². The van der Waals surface area contributed by atoms with Crippen LogP contribution in [0.5, 0.6) is 11.5 Å². The molecule has 0 spiro atoms. The minimum Gasteiger partial charge on any atom is -0.493 e. The summed E-state index contributed by atoms with van der Waals surface area (Å²) in [6.07, 6.45) is 7.27. The molecule has 3 rings (SSSR count). The second-order valence-electron chi connectivity index (χ2n) is 10.1. The zero-order valence-electron chi connectivity index (χ0n) is 22.6. The second-order valence-corrected chi connectivity index (χ2v) is 10.1. The molecule has 5 nitrogen and oxygen atoms in total. The number of aryl methyl sites for hydroxylation is 1. The first-order chi connectivity index (χ1) is 18.4. The Morgan fingerprint density at radius 2 is 1.63 bits per heavy atom. The Bertz CT molecular complexity index is 1020. The van der Waals surface area contributed by atoms with Crippen LogP contribution in [-0.4, -0.2) is 30.8 Å². The van der Waals surface area contributed by atoms with Gasteiger partial charge in [0.2, 0.25) is 0 Å². The van der Waals surface area contributed by atoms with Crippen molar-refractivity contribution in [2.75, 3.05) is 6.61 Å². The molecular formula is C31H40F2O5. The van der Waals surface area contributed by atoms with Crippen LogP contribution in [-0.2, 0) is 16.0 Å². The standard InChI is InChI=1S/C31H40F2O5/c1-3-5-7-28(32)31(35)38-25-16-12-23(13-17-25)9-8-22-10-14-24(15-11-22)37-30(34)27-19-18-26(21-29(27)33)36-20-6-4-2/h10-11,14-15,18-19,21,23,25,28H,3-9,12-13,16-17,20H2,1-2H3/t23?,25?,28-/m0/s1. The van der Waals surface area contributed by atoms with Crippen LogP contribution in [0.25, 0.3) is 0 Å². The normalized spacial score (nSPS) is 18.0. The zero-order valence-corrected chi connectivity index (χ0v) is 22.6. The fourth-order valence-electron chi connectivity index (χ4n) is 4.62. The van der Waals surface area contributed by atoms with Crippen molar-refractivity contribution in [1.82, 2.24) is 0 Å². The maximum Gasteiger partial charge on any atom is 0.346 e. The van der Waals surface area contributed by atoms with E-state index in [1.54, 1.807) is 18.2 Å². The van der Waals surface area contributed by atoms with Gasteiger partial charge < -0.3 is 14.2 Å². The molecule has 38 heavy (non-hydrogen) atoms. The molecule has 0 N–H and O–H groups in total. The molecule has 0 amide bonds. The van der Waals surface area contributed by atoms with E-state index >= 15 is 0 Å². The van der Waals surface area contributed by atoms with Gasteiger partial charge in [-0.2, -0.15) is 0 Å². The number of unbranched alkanes of at least 4 members (excludes halogenated alkanes) is 2. The van der Waals surface area contributed by atoms with Crippen molar-refractivity contribution in [2.45, 2.75) is 96.8 Å². The monoisotopic (exact) mass is 530 g/mol. The first-order valence-electron chi connectivity index (χ1n) is 14.0. The minimum absolute atomic E-state index is 0.138. The van der Waals surface area contributed by atoms with Crippen LogP contribution >= 0.6 is 0 Å². The van der Waals surface area contributed by atoms with E-state index in [0.717, 1.165) is 63.4 Å². The maximum atomic E-state index is 14.4. The van der Waals surface area contributed by atoms with Gasteiger partial charge in [0.05, 0.1) is 12.2 Å². The summed E-state index contributed by atoms with van der Waals surface area (Å²) in [4.78, 5) is 24.4. The number of alkyl halides is 1. The topological polar surface area (TPSA) is 61.8 Å². The highest BCUT2D eigenvalue weighted by atomic mass is 19.1. The van der Waals surface area contributed by atoms with Gasteiger partial charge in [0.25, 0.3) is 0 Å². The smallest absolute Gasteiger partial charge is 0.346 e. The van der Waals surface area contributed by atoms with Gasteiger partial charge in [-0.15, -0.1) is 0 Å². The molecule has 1 fully saturated rings. The third-order valence-electron chi connectivity index (χ3n) is 7.05. The zero-order chi connectivity index (χ0) is 27.3. The molecule has 1 aliphatic carbocycles. The molecular weight excluding hydrogens is 490 g/mol. The summed E-state index contributed by atoms with van der Waals surface area (Å²) in [6.45, 7) is 4.52. The minimum atomic E-state index is -1.51. The van der Waals surface area contributed by atoms with E-state index < -0.39 is 23.9 Å². The molecule has 0 radical (unpaired) electrons. The van der Waals surface area contributed by atoms with Crippen molar-refractivity contribution in [3.63, 3.8) is 0 Å². The lowest BCUT2D eigenvalue weighted by atomic mass is 9.83. The van der Waals surface area contributed by atoms with Gasteiger partial charge in [-0.3, -0.25) is 0 Å². The summed E-state index contributed by atoms with van der Waals surface area (Å²) in [5, 5.41) is 0. The van der Waals surface area contributed by atoms with Crippen molar-refractivity contribution in [1.29, 1.82) is 0 Å². The average Bonchev–Trinajstić information content (AvgIpc) is 2.92. The van der Waals surface area contributed by atoms with Gasteiger partial charge in [-0.25, -0.2) is 18.4 Å². The Kier molecular flexibility index (Phi) is 12.0. The molecule has 0 unspecified atom stereocenters. The molecule has 1 saturated carbocycles. The van der Waals surface area contributed by atoms with E-state index in [9.17, 15) is 18.4 Å².